The van der Waals surface area contributed by atoms with Crippen LogP contribution in [-0.2, 0) is 15.8 Å². The molecule has 4 N–H and O–H groups in total. The lowest BCUT2D eigenvalue weighted by Crippen LogP contribution is -2.39. The van der Waals surface area contributed by atoms with E-state index in [0.29, 0.717) is 11.6 Å². The molecule has 2 aromatic carbocycles. The molecular formula is C23H25F3N2O6. The van der Waals surface area contributed by atoms with Gasteiger partial charge in [-0.1, -0.05) is 6.07 Å². The van der Waals surface area contributed by atoms with Crippen LogP contribution in [0.5, 0.6) is 11.5 Å². The van der Waals surface area contributed by atoms with Crippen molar-refractivity contribution in [3.63, 3.8) is 0 Å². The van der Waals surface area contributed by atoms with Crippen molar-refractivity contribution in [3.8, 4) is 11.5 Å². The molecular weight excluding hydrogens is 457 g/mol. The van der Waals surface area contributed by atoms with Crippen molar-refractivity contribution in [2.45, 2.75) is 39.4 Å². The summed E-state index contributed by atoms with van der Waals surface area (Å²) in [6.07, 6.45) is -5.24. The second kappa shape index (κ2) is 10.9. The number of benzene rings is 2. The Morgan fingerprint density at radius 1 is 1.12 bits per heavy atom. The van der Waals surface area contributed by atoms with Crippen LogP contribution in [0.15, 0.2) is 30.3 Å². The molecule has 0 bridgehead atoms. The minimum Gasteiger partial charge on any atom is -0.507 e. The topological polar surface area (TPSA) is 125 Å². The molecule has 0 aromatic heterocycles. The molecule has 184 valence electrons. The van der Waals surface area contributed by atoms with Gasteiger partial charge < -0.3 is 25.6 Å². The molecule has 0 aliphatic heterocycles. The summed E-state index contributed by atoms with van der Waals surface area (Å²) in [5, 5.41) is 24.3. The van der Waals surface area contributed by atoms with Gasteiger partial charge in [-0.3, -0.25) is 14.4 Å². The minimum absolute atomic E-state index is 0.0671. The highest BCUT2D eigenvalue weighted by Crippen LogP contribution is 2.37. The summed E-state index contributed by atoms with van der Waals surface area (Å²) in [6.45, 7) is 4.37. The Balaban J connectivity index is 2.20. The lowest BCUT2D eigenvalue weighted by Gasteiger charge is -2.23. The van der Waals surface area contributed by atoms with Gasteiger partial charge in [0, 0.05) is 5.56 Å². The number of aryl methyl sites for hydroxylation is 2. The van der Waals surface area contributed by atoms with Crippen molar-refractivity contribution in [1.29, 1.82) is 0 Å². The van der Waals surface area contributed by atoms with Crippen LogP contribution in [0.4, 0.5) is 13.2 Å². The number of hydrogen-bond donors (Lipinski definition) is 4. The van der Waals surface area contributed by atoms with Gasteiger partial charge in [-0.2, -0.15) is 13.2 Å². The highest BCUT2D eigenvalue weighted by atomic mass is 19.4. The molecule has 0 radical (unpaired) electrons. The number of ether oxygens (including phenoxy) is 1. The summed E-state index contributed by atoms with van der Waals surface area (Å²) in [5.41, 5.74) is -0.395. The van der Waals surface area contributed by atoms with E-state index in [2.05, 4.69) is 10.6 Å². The minimum atomic E-state index is -4.64. The molecule has 34 heavy (non-hydrogen) atoms. The number of rotatable bonds is 9. The van der Waals surface area contributed by atoms with Gasteiger partial charge in [-0.25, -0.2) is 0 Å². The Labute approximate surface area is 193 Å². The van der Waals surface area contributed by atoms with Crippen molar-refractivity contribution in [2.75, 3.05) is 13.2 Å². The molecule has 11 heteroatoms. The number of carboxylic acid groups (broad SMARTS) is 1. The first-order chi connectivity index (χ1) is 15.8. The Morgan fingerprint density at radius 2 is 1.79 bits per heavy atom. The number of alkyl halides is 3. The first kappa shape index (κ1) is 26.5. The third-order valence-electron chi connectivity index (χ3n) is 4.80. The maximum absolute atomic E-state index is 13.0. The molecule has 2 rings (SSSR count). The Bertz CT molecular complexity index is 1090. The molecule has 0 aliphatic carbocycles. The number of aliphatic carboxylic acids is 1. The molecule has 1 atom stereocenters. The predicted molar refractivity (Wildman–Crippen MR) is 116 cm³/mol. The number of hydrogen-bond acceptors (Lipinski definition) is 5. The van der Waals surface area contributed by atoms with Gasteiger partial charge >= 0.3 is 12.1 Å². The Morgan fingerprint density at radius 3 is 2.38 bits per heavy atom. The van der Waals surface area contributed by atoms with E-state index >= 15 is 0 Å². The highest BCUT2D eigenvalue weighted by molar-refractivity contribution is 5.97. The predicted octanol–water partition coefficient (Wildman–Crippen LogP) is 3.49. The molecule has 0 fully saturated rings. The molecule has 8 nitrogen and oxygen atoms in total. The lowest BCUT2D eigenvalue weighted by molar-refractivity contribution is -0.138. The van der Waals surface area contributed by atoms with Crippen LogP contribution in [0.3, 0.4) is 0 Å². The summed E-state index contributed by atoms with van der Waals surface area (Å²) in [5.74, 6) is -3.06. The summed E-state index contributed by atoms with van der Waals surface area (Å²) in [6, 6.07) is 4.53. The van der Waals surface area contributed by atoms with Gasteiger partial charge in [0.25, 0.3) is 5.91 Å². The van der Waals surface area contributed by atoms with Crippen LogP contribution in [0.2, 0.25) is 0 Å². The van der Waals surface area contributed by atoms with Crippen molar-refractivity contribution in [2.24, 2.45) is 0 Å². The zero-order valence-electron chi connectivity index (χ0n) is 18.7. The summed E-state index contributed by atoms with van der Waals surface area (Å²) < 4.78 is 44.6. The average Bonchev–Trinajstić information content (AvgIpc) is 2.73. The van der Waals surface area contributed by atoms with Crippen LogP contribution in [-0.4, -0.2) is 41.1 Å². The molecule has 0 spiro atoms. The molecule has 0 saturated heterocycles. The largest absolute Gasteiger partial charge is 0.507 e. The van der Waals surface area contributed by atoms with Crippen LogP contribution in [0.25, 0.3) is 0 Å². The number of halogens is 3. The van der Waals surface area contributed by atoms with E-state index in [9.17, 15) is 37.8 Å². The summed E-state index contributed by atoms with van der Waals surface area (Å²) in [4.78, 5) is 36.2. The van der Waals surface area contributed by atoms with Crippen molar-refractivity contribution in [3.05, 3.63) is 58.1 Å². The van der Waals surface area contributed by atoms with Gasteiger partial charge in [-0.15, -0.1) is 0 Å². The van der Waals surface area contributed by atoms with Crippen LogP contribution >= 0.6 is 0 Å². The van der Waals surface area contributed by atoms with Crippen molar-refractivity contribution < 1.29 is 42.5 Å². The maximum Gasteiger partial charge on any atom is 0.416 e. The normalized spacial score (nSPS) is 12.1. The fourth-order valence-corrected chi connectivity index (χ4v) is 3.36. The smallest absolute Gasteiger partial charge is 0.416 e. The second-order valence-electron chi connectivity index (χ2n) is 7.56. The fourth-order valence-electron chi connectivity index (χ4n) is 3.36. The number of carboxylic acids is 1. The monoisotopic (exact) mass is 482 g/mol. The van der Waals surface area contributed by atoms with Crippen molar-refractivity contribution in [1.82, 2.24) is 10.6 Å². The molecule has 2 aromatic rings. The molecule has 0 heterocycles. The first-order valence-electron chi connectivity index (χ1n) is 10.3. The number of phenols is 1. The third-order valence-corrected chi connectivity index (χ3v) is 4.80. The van der Waals surface area contributed by atoms with E-state index in [1.165, 1.54) is 19.1 Å². The maximum atomic E-state index is 13.0. The fraction of sp³-hybridized carbons (Fsp3) is 0.348. The number of nitrogens with one attached hydrogen (secondary N) is 2. The van der Waals surface area contributed by atoms with Crippen LogP contribution in [0, 0.1) is 13.8 Å². The quantitative estimate of drug-likeness (QED) is 0.434. The zero-order chi connectivity index (χ0) is 25.6. The Hall–Kier alpha value is -3.76. The number of amides is 2. The van der Waals surface area contributed by atoms with E-state index < -0.39 is 48.5 Å². The molecule has 1 unspecified atom stereocenters. The van der Waals surface area contributed by atoms with E-state index in [4.69, 9.17) is 4.74 Å². The lowest BCUT2D eigenvalue weighted by atomic mass is 9.98. The van der Waals surface area contributed by atoms with Gasteiger partial charge in [-0.05, 0) is 56.2 Å². The molecule has 2 amide bonds. The third kappa shape index (κ3) is 6.87. The van der Waals surface area contributed by atoms with E-state index in [-0.39, 0.29) is 34.8 Å². The van der Waals surface area contributed by atoms with Gasteiger partial charge in [0.2, 0.25) is 5.91 Å². The molecule has 0 saturated carbocycles. The zero-order valence-corrected chi connectivity index (χ0v) is 18.7. The second-order valence-corrected chi connectivity index (χ2v) is 7.56. The van der Waals surface area contributed by atoms with E-state index in [1.54, 1.807) is 19.9 Å². The van der Waals surface area contributed by atoms with E-state index in [1.807, 2.05) is 0 Å². The van der Waals surface area contributed by atoms with Crippen LogP contribution < -0.4 is 15.4 Å². The van der Waals surface area contributed by atoms with Crippen LogP contribution in [0.1, 0.15) is 52.0 Å². The summed E-state index contributed by atoms with van der Waals surface area (Å²) >= 11 is 0. The molecule has 0 aliphatic rings. The van der Waals surface area contributed by atoms with Crippen molar-refractivity contribution >= 4 is 17.8 Å². The average molecular weight is 482 g/mol. The summed E-state index contributed by atoms with van der Waals surface area (Å²) in [7, 11) is 0. The number of phenolic OH excluding ortho intramolecular Hbond substituents is 1. The number of aromatic hydroxyl groups is 1. The number of carbonyl (C=O) groups excluding carboxylic acids is 2. The van der Waals surface area contributed by atoms with E-state index in [0.717, 1.165) is 6.07 Å². The first-order valence-corrected chi connectivity index (χ1v) is 10.3. The SMILES string of the molecule is CCOc1c(C)ccc(O)c1C(CC(=O)O)NC(=O)CNC(=O)c1cc(C)cc(C(F)(F)F)c1. The van der Waals surface area contributed by atoms with Gasteiger partial charge in [0.05, 0.1) is 36.7 Å². The number of carbonyl (C=O) groups is 3. The Kier molecular flexibility index (Phi) is 8.50. The van der Waals surface area contributed by atoms with Gasteiger partial charge in [0.15, 0.2) is 0 Å². The standard InChI is InChI=1S/C23H25F3N2O6/c1-4-34-21-13(3)5-6-17(29)20(21)16(10-19(31)32)28-18(30)11-27-22(33)14-7-12(2)8-15(9-14)23(24,25)26/h5-9,16,29H,4,10-11H2,1-3H3,(H,27,33)(H,28,30)(H,31,32). The highest BCUT2D eigenvalue weighted by Gasteiger charge is 2.31. The van der Waals surface area contributed by atoms with Gasteiger partial charge in [0.1, 0.15) is 11.5 Å².